The van der Waals surface area contributed by atoms with Gasteiger partial charge in [-0.1, -0.05) is 41.9 Å². The van der Waals surface area contributed by atoms with Crippen LogP contribution in [-0.2, 0) is 0 Å². The first-order chi connectivity index (χ1) is 16.1. The van der Waals surface area contributed by atoms with Gasteiger partial charge in [-0.15, -0.1) is 0 Å². The third-order valence-electron chi connectivity index (χ3n) is 5.20. The Balaban J connectivity index is 1.37. The van der Waals surface area contributed by atoms with Crippen molar-refractivity contribution >= 4 is 42.3 Å². The molecule has 0 aliphatic rings. The Morgan fingerprint density at radius 3 is 2.70 bits per heavy atom. The van der Waals surface area contributed by atoms with Crippen LogP contribution in [0.25, 0.3) is 16.9 Å². The van der Waals surface area contributed by atoms with E-state index in [9.17, 15) is 4.79 Å². The van der Waals surface area contributed by atoms with E-state index in [1.165, 1.54) is 0 Å². The zero-order chi connectivity index (χ0) is 23.2. The zero-order valence-corrected chi connectivity index (χ0v) is 19.0. The van der Waals surface area contributed by atoms with E-state index in [2.05, 4.69) is 20.7 Å². The molecule has 0 atom stereocenters. The molecule has 33 heavy (non-hydrogen) atoms. The van der Waals surface area contributed by atoms with Crippen molar-refractivity contribution in [2.24, 2.45) is 0 Å². The molecule has 0 fully saturated rings. The number of nitrogens with one attached hydrogen (secondary N) is 2. The van der Waals surface area contributed by atoms with E-state index in [4.69, 9.17) is 24.2 Å². The number of ether oxygens (including phenoxy) is 1. The summed E-state index contributed by atoms with van der Waals surface area (Å²) in [5.41, 5.74) is 3.13. The SMILES string of the molecule is [B]c1cnn2c(NCCCCNC(=O)c3ccccc3OC)cc(-c3ccccc3Cl)nc12. The smallest absolute Gasteiger partial charge is 0.255 e. The first kappa shape index (κ1) is 22.7. The number of rotatable bonds is 9. The number of hydrogen-bond acceptors (Lipinski definition) is 5. The Bertz CT molecular complexity index is 1280. The van der Waals surface area contributed by atoms with Crippen molar-refractivity contribution in [3.8, 4) is 17.0 Å². The minimum atomic E-state index is -0.146. The van der Waals surface area contributed by atoms with Crippen LogP contribution in [0.4, 0.5) is 5.82 Å². The number of methoxy groups -OCH3 is 1. The number of fused-ring (bicyclic) bond motifs is 1. The number of carbonyl (C=O) groups excluding carboxylic acids is 1. The molecule has 7 nitrogen and oxygen atoms in total. The molecule has 2 N–H and O–H groups in total. The maximum absolute atomic E-state index is 12.4. The molecule has 166 valence electrons. The molecule has 0 saturated carbocycles. The predicted octanol–water partition coefficient (Wildman–Crippen LogP) is 3.47. The summed E-state index contributed by atoms with van der Waals surface area (Å²) < 4.78 is 6.92. The van der Waals surface area contributed by atoms with Crippen LogP contribution in [0.15, 0.2) is 60.8 Å². The summed E-state index contributed by atoms with van der Waals surface area (Å²) in [6.45, 7) is 1.25. The molecule has 0 saturated heterocycles. The van der Waals surface area contributed by atoms with Crippen molar-refractivity contribution in [1.29, 1.82) is 0 Å². The van der Waals surface area contributed by atoms with E-state index >= 15 is 0 Å². The fourth-order valence-electron chi connectivity index (χ4n) is 3.51. The molecule has 2 radical (unpaired) electrons. The van der Waals surface area contributed by atoms with Crippen LogP contribution in [0.2, 0.25) is 5.02 Å². The maximum atomic E-state index is 12.4. The Morgan fingerprint density at radius 2 is 1.88 bits per heavy atom. The summed E-state index contributed by atoms with van der Waals surface area (Å²) in [7, 11) is 7.62. The number of halogens is 1. The minimum Gasteiger partial charge on any atom is -0.496 e. The van der Waals surface area contributed by atoms with Gasteiger partial charge in [0.1, 0.15) is 19.4 Å². The number of unbranched alkanes of at least 4 members (excludes halogenated alkanes) is 1. The van der Waals surface area contributed by atoms with E-state index in [0.29, 0.717) is 46.2 Å². The lowest BCUT2D eigenvalue weighted by molar-refractivity contribution is 0.0950. The molecule has 4 rings (SSSR count). The van der Waals surface area contributed by atoms with E-state index in [1.54, 1.807) is 30.0 Å². The molecule has 0 unspecified atom stereocenters. The molecule has 0 aliphatic heterocycles. The Morgan fingerprint density at radius 1 is 1.12 bits per heavy atom. The lowest BCUT2D eigenvalue weighted by Gasteiger charge is -2.12. The number of nitrogens with zero attached hydrogens (tertiary/aromatic N) is 3. The summed E-state index contributed by atoms with van der Waals surface area (Å²) >= 11 is 6.37. The Hall–Kier alpha value is -3.52. The number of hydrogen-bond donors (Lipinski definition) is 2. The largest absolute Gasteiger partial charge is 0.496 e. The van der Waals surface area contributed by atoms with Crippen LogP contribution < -0.4 is 20.8 Å². The van der Waals surface area contributed by atoms with Crippen LogP contribution in [0.5, 0.6) is 5.75 Å². The van der Waals surface area contributed by atoms with Crippen molar-refractivity contribution in [2.45, 2.75) is 12.8 Å². The molecular formula is C24H23BClN5O2. The molecule has 2 aromatic carbocycles. The third kappa shape index (κ3) is 5.12. The summed E-state index contributed by atoms with van der Waals surface area (Å²) in [5, 5.41) is 11.3. The van der Waals surface area contributed by atoms with Crippen molar-refractivity contribution < 1.29 is 9.53 Å². The molecule has 0 aliphatic carbocycles. The number of para-hydroxylation sites is 1. The second-order valence-electron chi connectivity index (χ2n) is 7.43. The number of carbonyl (C=O) groups is 1. The predicted molar refractivity (Wildman–Crippen MR) is 132 cm³/mol. The fraction of sp³-hybridized carbons (Fsp3) is 0.208. The van der Waals surface area contributed by atoms with Crippen molar-refractivity contribution in [2.75, 3.05) is 25.5 Å². The van der Waals surface area contributed by atoms with Gasteiger partial charge in [0.2, 0.25) is 0 Å². The molecular weight excluding hydrogens is 437 g/mol. The van der Waals surface area contributed by atoms with Gasteiger partial charge in [-0.05, 0) is 36.5 Å². The quantitative estimate of drug-likeness (QED) is 0.296. The highest BCUT2D eigenvalue weighted by molar-refractivity contribution is 6.36. The van der Waals surface area contributed by atoms with Gasteiger partial charge in [-0.25, -0.2) is 4.98 Å². The van der Waals surface area contributed by atoms with Gasteiger partial charge in [0.15, 0.2) is 5.65 Å². The first-order valence-corrected chi connectivity index (χ1v) is 11.0. The lowest BCUT2D eigenvalue weighted by Crippen LogP contribution is -2.25. The summed E-state index contributed by atoms with van der Waals surface area (Å²) in [4.78, 5) is 17.0. The highest BCUT2D eigenvalue weighted by atomic mass is 35.5. The number of benzene rings is 2. The van der Waals surface area contributed by atoms with Gasteiger partial charge in [-0.2, -0.15) is 9.61 Å². The Labute approximate surface area is 198 Å². The van der Waals surface area contributed by atoms with Crippen molar-refractivity contribution in [1.82, 2.24) is 19.9 Å². The first-order valence-electron chi connectivity index (χ1n) is 10.6. The molecule has 0 spiro atoms. The van der Waals surface area contributed by atoms with Crippen LogP contribution in [0.3, 0.4) is 0 Å². The third-order valence-corrected chi connectivity index (χ3v) is 5.53. The number of anilines is 1. The van der Waals surface area contributed by atoms with Crippen LogP contribution in [0.1, 0.15) is 23.2 Å². The Kier molecular flexibility index (Phi) is 7.15. The van der Waals surface area contributed by atoms with E-state index in [1.807, 2.05) is 42.5 Å². The van der Waals surface area contributed by atoms with Crippen LogP contribution >= 0.6 is 11.6 Å². The van der Waals surface area contributed by atoms with E-state index in [0.717, 1.165) is 24.2 Å². The molecule has 1 amide bonds. The maximum Gasteiger partial charge on any atom is 0.255 e. The number of amides is 1. The normalized spacial score (nSPS) is 10.8. The van der Waals surface area contributed by atoms with Crippen molar-refractivity contribution in [3.05, 3.63) is 71.4 Å². The van der Waals surface area contributed by atoms with Gasteiger partial charge in [0.05, 0.1) is 18.4 Å². The van der Waals surface area contributed by atoms with Gasteiger partial charge < -0.3 is 15.4 Å². The average molecular weight is 460 g/mol. The standard InChI is InChI=1S/C24H23BClN5O2/c1-33-21-11-5-3-9-17(21)24(32)28-13-7-6-12-27-22-14-20(16-8-2-4-10-19(16)26)30-23-18(25)15-29-31(22)23/h2-5,8-11,14-15,27H,6-7,12-13H2,1H3,(H,28,32). The minimum absolute atomic E-state index is 0.146. The fourth-order valence-corrected chi connectivity index (χ4v) is 3.74. The van der Waals surface area contributed by atoms with Crippen LogP contribution in [-0.4, -0.2) is 48.6 Å². The second-order valence-corrected chi connectivity index (χ2v) is 7.84. The summed E-state index contributed by atoms with van der Waals surface area (Å²) in [6.07, 6.45) is 3.23. The van der Waals surface area contributed by atoms with Gasteiger partial charge >= 0.3 is 0 Å². The van der Waals surface area contributed by atoms with Gasteiger partial charge in [0.25, 0.3) is 5.91 Å². The second kappa shape index (κ2) is 10.4. The lowest BCUT2D eigenvalue weighted by atomic mass is 10.0. The summed E-state index contributed by atoms with van der Waals surface area (Å²) in [5.74, 6) is 1.18. The van der Waals surface area contributed by atoms with Gasteiger partial charge in [0, 0.05) is 35.9 Å². The molecule has 0 bridgehead atoms. The van der Waals surface area contributed by atoms with E-state index in [-0.39, 0.29) is 5.91 Å². The molecule has 9 heteroatoms. The van der Waals surface area contributed by atoms with E-state index < -0.39 is 0 Å². The topological polar surface area (TPSA) is 80.5 Å². The monoisotopic (exact) mass is 459 g/mol. The highest BCUT2D eigenvalue weighted by Gasteiger charge is 2.13. The highest BCUT2D eigenvalue weighted by Crippen LogP contribution is 2.28. The number of aromatic nitrogens is 3. The molecule has 2 aromatic heterocycles. The van der Waals surface area contributed by atoms with Gasteiger partial charge in [-0.3, -0.25) is 4.79 Å². The van der Waals surface area contributed by atoms with Crippen molar-refractivity contribution in [3.63, 3.8) is 0 Å². The molecule has 2 heterocycles. The van der Waals surface area contributed by atoms with Crippen LogP contribution in [0, 0.1) is 0 Å². The average Bonchev–Trinajstić information content (AvgIpc) is 3.22. The molecule has 4 aromatic rings. The summed E-state index contributed by atoms with van der Waals surface area (Å²) in [6, 6.07) is 16.6. The zero-order valence-electron chi connectivity index (χ0n) is 18.2.